The van der Waals surface area contributed by atoms with Crippen LogP contribution < -0.4 is 0 Å². The summed E-state index contributed by atoms with van der Waals surface area (Å²) in [6.07, 6.45) is 5.59. The van der Waals surface area contributed by atoms with Gasteiger partial charge in [0.15, 0.2) is 0 Å². The molecule has 0 fully saturated rings. The Labute approximate surface area is 96.1 Å². The number of allylic oxidation sites excluding steroid dienone is 2. The normalized spacial score (nSPS) is 25.1. The summed E-state index contributed by atoms with van der Waals surface area (Å²) in [5.74, 6) is -0.242. The highest BCUT2D eigenvalue weighted by molar-refractivity contribution is 9.10. The minimum atomic E-state index is -0.984. The third-order valence-electron chi connectivity index (χ3n) is 2.31. The van der Waals surface area contributed by atoms with Gasteiger partial charge in [-0.05, 0) is 33.6 Å². The van der Waals surface area contributed by atoms with Crippen molar-refractivity contribution < 1.29 is 9.50 Å². The molecule has 1 aliphatic carbocycles. The summed E-state index contributed by atoms with van der Waals surface area (Å²) in [7, 11) is 0. The van der Waals surface area contributed by atoms with E-state index in [4.69, 9.17) is 0 Å². The number of benzene rings is 1. The average molecular weight is 269 g/mol. The van der Waals surface area contributed by atoms with Gasteiger partial charge in [0.05, 0.1) is 0 Å². The van der Waals surface area contributed by atoms with Crippen LogP contribution in [0.2, 0.25) is 0 Å². The van der Waals surface area contributed by atoms with Gasteiger partial charge in [-0.3, -0.25) is 0 Å². The van der Waals surface area contributed by atoms with Crippen molar-refractivity contribution in [2.75, 3.05) is 0 Å². The molecule has 0 bridgehead atoms. The number of rotatable bonds is 1. The van der Waals surface area contributed by atoms with Crippen LogP contribution in [0.4, 0.5) is 4.39 Å². The van der Waals surface area contributed by atoms with Crippen LogP contribution in [0.5, 0.6) is 0 Å². The Balaban J connectivity index is 2.32. The Kier molecular flexibility index (Phi) is 2.76. The summed E-state index contributed by atoms with van der Waals surface area (Å²) in [4.78, 5) is 0. The van der Waals surface area contributed by atoms with Gasteiger partial charge in [-0.1, -0.05) is 30.4 Å². The van der Waals surface area contributed by atoms with Gasteiger partial charge in [0.2, 0.25) is 0 Å². The molecule has 0 radical (unpaired) electrons. The third-order valence-corrected chi connectivity index (χ3v) is 2.90. The van der Waals surface area contributed by atoms with Crippen LogP contribution >= 0.6 is 15.9 Å². The van der Waals surface area contributed by atoms with Crippen molar-refractivity contribution in [2.24, 2.45) is 0 Å². The zero-order valence-corrected chi connectivity index (χ0v) is 9.54. The number of alkyl halides is 1. The van der Waals surface area contributed by atoms with Gasteiger partial charge in [-0.25, -0.2) is 4.39 Å². The lowest BCUT2D eigenvalue weighted by Gasteiger charge is -2.19. The van der Waals surface area contributed by atoms with E-state index in [1.54, 1.807) is 30.4 Å². The summed E-state index contributed by atoms with van der Waals surface area (Å²) >= 11 is 3.14. The van der Waals surface area contributed by atoms with Crippen LogP contribution in [0.15, 0.2) is 42.5 Å². The molecule has 0 saturated carbocycles. The standard InChI is InChI=1S/C12H10BrFO/c13-12(15)7-5-9(6-8-12)10-3-1-2-4-11(10)14/h1-7,15H,8H2. The number of hydrogen-bond acceptors (Lipinski definition) is 1. The third kappa shape index (κ3) is 2.36. The van der Waals surface area contributed by atoms with Gasteiger partial charge in [0, 0.05) is 12.0 Å². The molecule has 2 rings (SSSR count). The zero-order valence-electron chi connectivity index (χ0n) is 7.95. The van der Waals surface area contributed by atoms with Gasteiger partial charge < -0.3 is 5.11 Å². The Bertz CT molecular complexity index is 435. The van der Waals surface area contributed by atoms with Crippen LogP contribution in [0.3, 0.4) is 0 Å². The molecule has 1 N–H and O–H groups in total. The Morgan fingerprint density at radius 3 is 2.67 bits per heavy atom. The molecular weight excluding hydrogens is 259 g/mol. The first-order chi connectivity index (χ1) is 7.08. The van der Waals surface area contributed by atoms with E-state index >= 15 is 0 Å². The maximum atomic E-state index is 13.4. The minimum Gasteiger partial charge on any atom is -0.375 e. The summed E-state index contributed by atoms with van der Waals surface area (Å²) in [5, 5.41) is 9.60. The molecule has 0 saturated heterocycles. The fraction of sp³-hybridized carbons (Fsp3) is 0.167. The summed E-state index contributed by atoms with van der Waals surface area (Å²) in [6.45, 7) is 0. The summed E-state index contributed by atoms with van der Waals surface area (Å²) in [5.41, 5.74) is 1.37. The molecule has 0 aromatic heterocycles. The molecule has 1 aromatic carbocycles. The number of aliphatic hydroxyl groups is 1. The molecule has 0 spiro atoms. The van der Waals surface area contributed by atoms with Gasteiger partial charge in [0.25, 0.3) is 0 Å². The van der Waals surface area contributed by atoms with Crippen LogP contribution in [-0.2, 0) is 0 Å². The Hall–Kier alpha value is -0.930. The predicted molar refractivity (Wildman–Crippen MR) is 62.0 cm³/mol. The van der Waals surface area contributed by atoms with E-state index in [0.717, 1.165) is 5.57 Å². The minimum absolute atomic E-state index is 0.242. The van der Waals surface area contributed by atoms with E-state index in [1.807, 2.05) is 6.08 Å². The van der Waals surface area contributed by atoms with Crippen LogP contribution in [0, 0.1) is 5.82 Å². The summed E-state index contributed by atoms with van der Waals surface area (Å²) < 4.78 is 12.4. The molecule has 1 aliphatic rings. The van der Waals surface area contributed by atoms with E-state index in [9.17, 15) is 9.50 Å². The maximum absolute atomic E-state index is 13.4. The van der Waals surface area contributed by atoms with Crippen molar-refractivity contribution >= 4 is 21.5 Å². The van der Waals surface area contributed by atoms with E-state index in [-0.39, 0.29) is 5.82 Å². The van der Waals surface area contributed by atoms with E-state index in [2.05, 4.69) is 15.9 Å². The molecule has 0 amide bonds. The topological polar surface area (TPSA) is 20.2 Å². The predicted octanol–water partition coefficient (Wildman–Crippen LogP) is 3.25. The largest absolute Gasteiger partial charge is 0.375 e. The zero-order chi connectivity index (χ0) is 10.9. The smallest absolute Gasteiger partial charge is 0.141 e. The van der Waals surface area contributed by atoms with Crippen molar-refractivity contribution in [3.8, 4) is 0 Å². The van der Waals surface area contributed by atoms with Crippen molar-refractivity contribution in [3.63, 3.8) is 0 Å². The van der Waals surface area contributed by atoms with Crippen molar-refractivity contribution in [2.45, 2.75) is 10.9 Å². The lowest BCUT2D eigenvalue weighted by molar-refractivity contribution is 0.198. The lowest BCUT2D eigenvalue weighted by atomic mass is 9.98. The highest BCUT2D eigenvalue weighted by Gasteiger charge is 2.21. The molecule has 3 heteroatoms. The Morgan fingerprint density at radius 2 is 2.07 bits per heavy atom. The maximum Gasteiger partial charge on any atom is 0.141 e. The summed E-state index contributed by atoms with van der Waals surface area (Å²) in [6, 6.07) is 6.61. The van der Waals surface area contributed by atoms with Crippen LogP contribution in [0.1, 0.15) is 12.0 Å². The second kappa shape index (κ2) is 3.91. The first-order valence-corrected chi connectivity index (χ1v) is 5.43. The van der Waals surface area contributed by atoms with Crippen LogP contribution in [0.25, 0.3) is 5.57 Å². The Morgan fingerprint density at radius 1 is 1.33 bits per heavy atom. The SMILES string of the molecule is OC1(Br)C=CC(c2ccccc2F)=CC1. The second-order valence-corrected chi connectivity index (χ2v) is 4.87. The quantitative estimate of drug-likeness (QED) is 0.776. The number of hydrogen-bond donors (Lipinski definition) is 1. The molecule has 78 valence electrons. The van der Waals surface area contributed by atoms with Gasteiger partial charge in [0.1, 0.15) is 10.3 Å². The lowest BCUT2D eigenvalue weighted by Crippen LogP contribution is -2.17. The van der Waals surface area contributed by atoms with E-state index in [0.29, 0.717) is 12.0 Å². The highest BCUT2D eigenvalue weighted by atomic mass is 79.9. The molecule has 1 atom stereocenters. The van der Waals surface area contributed by atoms with Crippen molar-refractivity contribution in [1.82, 2.24) is 0 Å². The van der Waals surface area contributed by atoms with Gasteiger partial charge in [-0.15, -0.1) is 0 Å². The molecule has 15 heavy (non-hydrogen) atoms. The monoisotopic (exact) mass is 268 g/mol. The van der Waals surface area contributed by atoms with Crippen LogP contribution in [-0.4, -0.2) is 9.62 Å². The van der Waals surface area contributed by atoms with Crippen molar-refractivity contribution in [1.29, 1.82) is 0 Å². The molecule has 1 unspecified atom stereocenters. The first-order valence-electron chi connectivity index (χ1n) is 4.64. The molecule has 0 heterocycles. The first kappa shape index (κ1) is 10.6. The fourth-order valence-corrected chi connectivity index (χ4v) is 1.80. The highest BCUT2D eigenvalue weighted by Crippen LogP contribution is 2.31. The fourth-order valence-electron chi connectivity index (χ4n) is 1.50. The number of halogens is 2. The average Bonchev–Trinajstić information content (AvgIpc) is 2.19. The molecular formula is C12H10BrFO. The molecule has 0 aliphatic heterocycles. The molecule has 1 aromatic rings. The van der Waals surface area contributed by atoms with Gasteiger partial charge >= 0.3 is 0 Å². The second-order valence-electron chi connectivity index (χ2n) is 3.50. The van der Waals surface area contributed by atoms with E-state index in [1.165, 1.54) is 6.07 Å². The van der Waals surface area contributed by atoms with E-state index < -0.39 is 4.51 Å². The van der Waals surface area contributed by atoms with Crippen molar-refractivity contribution in [3.05, 3.63) is 53.9 Å². The molecule has 1 nitrogen and oxygen atoms in total. The van der Waals surface area contributed by atoms with Gasteiger partial charge in [-0.2, -0.15) is 0 Å².